The molecule has 0 unspecified atom stereocenters. The highest BCUT2D eigenvalue weighted by Gasteiger charge is 2.63. The predicted octanol–water partition coefficient (Wildman–Crippen LogP) is 2.58. The van der Waals surface area contributed by atoms with Crippen LogP contribution in [0.15, 0.2) is 4.79 Å². The van der Waals surface area contributed by atoms with Gasteiger partial charge in [0.2, 0.25) is 5.95 Å². The average Bonchev–Trinajstić information content (AvgIpc) is 2.11. The third-order valence-electron chi connectivity index (χ3n) is 1.84. The standard InChI is InChI=1S/C7HF9N2O/c8-3-1(6(11,12)13)2(17-4(19)18-3)5(9,10)7(14,15)16/h(H,17,18,19). The molecule has 12 heteroatoms. The van der Waals surface area contributed by atoms with E-state index in [1.165, 1.54) is 0 Å². The summed E-state index contributed by atoms with van der Waals surface area (Å²) in [6.07, 6.45) is -12.4. The molecule has 0 spiro atoms. The smallest absolute Gasteiger partial charge is 0.303 e. The van der Waals surface area contributed by atoms with E-state index in [1.807, 2.05) is 4.98 Å². The van der Waals surface area contributed by atoms with Crippen molar-refractivity contribution in [1.29, 1.82) is 0 Å². The van der Waals surface area contributed by atoms with Crippen LogP contribution < -0.4 is 5.69 Å². The minimum absolute atomic E-state index is 0.573. The maximum absolute atomic E-state index is 12.8. The molecule has 0 saturated carbocycles. The van der Waals surface area contributed by atoms with Crippen molar-refractivity contribution in [2.24, 2.45) is 0 Å². The van der Waals surface area contributed by atoms with Gasteiger partial charge in [-0.25, -0.2) is 4.79 Å². The molecule has 108 valence electrons. The molecule has 1 aromatic heterocycles. The number of alkyl halides is 8. The summed E-state index contributed by atoms with van der Waals surface area (Å²) < 4.78 is 111. The number of hydrogen-bond acceptors (Lipinski definition) is 2. The predicted molar refractivity (Wildman–Crippen MR) is 39.8 cm³/mol. The van der Waals surface area contributed by atoms with Crippen molar-refractivity contribution in [3.8, 4) is 0 Å². The van der Waals surface area contributed by atoms with Gasteiger partial charge in [-0.15, -0.1) is 0 Å². The second-order valence-electron chi connectivity index (χ2n) is 3.15. The third kappa shape index (κ3) is 2.66. The maximum atomic E-state index is 12.8. The van der Waals surface area contributed by atoms with E-state index in [0.717, 1.165) is 0 Å². The molecule has 1 heterocycles. The van der Waals surface area contributed by atoms with E-state index in [0.29, 0.717) is 4.98 Å². The van der Waals surface area contributed by atoms with E-state index in [9.17, 15) is 44.3 Å². The van der Waals surface area contributed by atoms with Gasteiger partial charge in [-0.2, -0.15) is 44.5 Å². The van der Waals surface area contributed by atoms with Crippen molar-refractivity contribution < 1.29 is 39.5 Å². The van der Waals surface area contributed by atoms with Crippen LogP contribution in [0.5, 0.6) is 0 Å². The Morgan fingerprint density at radius 1 is 0.947 bits per heavy atom. The van der Waals surface area contributed by atoms with Gasteiger partial charge in [0.1, 0.15) is 11.3 Å². The first kappa shape index (κ1) is 15.3. The Balaban J connectivity index is 3.74. The van der Waals surface area contributed by atoms with E-state index in [1.54, 1.807) is 0 Å². The Morgan fingerprint density at radius 3 is 1.79 bits per heavy atom. The Bertz CT molecular complexity index is 541. The lowest BCUT2D eigenvalue weighted by molar-refractivity contribution is -0.293. The molecular weight excluding hydrogens is 299 g/mol. The number of hydrogen-bond donors (Lipinski definition) is 1. The summed E-state index contributed by atoms with van der Waals surface area (Å²) in [4.78, 5) is 13.1. The van der Waals surface area contributed by atoms with Crippen LogP contribution >= 0.6 is 0 Å². The van der Waals surface area contributed by atoms with Gasteiger partial charge in [0, 0.05) is 0 Å². The van der Waals surface area contributed by atoms with Crippen molar-refractivity contribution in [2.45, 2.75) is 18.3 Å². The second-order valence-corrected chi connectivity index (χ2v) is 3.15. The van der Waals surface area contributed by atoms with Gasteiger partial charge in [0.15, 0.2) is 0 Å². The first-order chi connectivity index (χ1) is 8.28. The lowest BCUT2D eigenvalue weighted by atomic mass is 10.1. The van der Waals surface area contributed by atoms with Gasteiger partial charge in [-0.3, -0.25) is 0 Å². The highest BCUT2D eigenvalue weighted by molar-refractivity contribution is 5.26. The van der Waals surface area contributed by atoms with Crippen LogP contribution in [0.3, 0.4) is 0 Å². The lowest BCUT2D eigenvalue weighted by Crippen LogP contribution is -2.39. The van der Waals surface area contributed by atoms with Crippen molar-refractivity contribution in [3.05, 3.63) is 27.7 Å². The molecule has 0 fully saturated rings. The molecule has 3 nitrogen and oxygen atoms in total. The molecule has 0 aromatic carbocycles. The summed E-state index contributed by atoms with van der Waals surface area (Å²) in [5, 5.41) is 0. The van der Waals surface area contributed by atoms with Crippen LogP contribution in [0, 0.1) is 5.95 Å². The topological polar surface area (TPSA) is 45.8 Å². The molecule has 1 N–H and O–H groups in total. The molecule has 0 aliphatic heterocycles. The van der Waals surface area contributed by atoms with E-state index in [-0.39, 0.29) is 0 Å². The van der Waals surface area contributed by atoms with E-state index >= 15 is 0 Å². The van der Waals surface area contributed by atoms with Gasteiger partial charge < -0.3 is 4.98 Å². The zero-order valence-electron chi connectivity index (χ0n) is 8.26. The summed E-state index contributed by atoms with van der Waals surface area (Å²) in [5.41, 5.74) is -8.02. The van der Waals surface area contributed by atoms with Gasteiger partial charge in [0.25, 0.3) is 0 Å². The molecule has 0 saturated heterocycles. The van der Waals surface area contributed by atoms with Crippen LogP contribution in [-0.2, 0) is 12.1 Å². The highest BCUT2D eigenvalue weighted by Crippen LogP contribution is 2.47. The van der Waals surface area contributed by atoms with Crippen LogP contribution in [-0.4, -0.2) is 16.1 Å². The highest BCUT2D eigenvalue weighted by atomic mass is 19.4. The first-order valence-electron chi connectivity index (χ1n) is 4.10. The van der Waals surface area contributed by atoms with E-state index < -0.39 is 41.2 Å². The summed E-state index contributed by atoms with van der Waals surface area (Å²) >= 11 is 0. The number of H-pyrrole nitrogens is 1. The molecule has 1 rings (SSSR count). The van der Waals surface area contributed by atoms with Crippen LogP contribution in [0.2, 0.25) is 0 Å². The molecular formula is C7HF9N2O. The average molecular weight is 300 g/mol. The second kappa shape index (κ2) is 4.13. The van der Waals surface area contributed by atoms with Crippen LogP contribution in [0.4, 0.5) is 39.5 Å². The molecule has 0 aliphatic carbocycles. The monoisotopic (exact) mass is 300 g/mol. The zero-order chi connectivity index (χ0) is 15.2. The Labute approximate surface area is 96.6 Å². The van der Waals surface area contributed by atoms with Crippen molar-refractivity contribution in [3.63, 3.8) is 0 Å². The number of nitrogens with one attached hydrogen (secondary N) is 1. The largest absolute Gasteiger partial charge is 0.459 e. The number of nitrogens with zero attached hydrogens (tertiary/aromatic N) is 1. The van der Waals surface area contributed by atoms with Crippen LogP contribution in [0.25, 0.3) is 0 Å². The van der Waals surface area contributed by atoms with Gasteiger partial charge >= 0.3 is 24.0 Å². The first-order valence-corrected chi connectivity index (χ1v) is 4.10. The normalized spacial score (nSPS) is 13.7. The molecule has 0 amide bonds. The molecule has 0 radical (unpaired) electrons. The quantitative estimate of drug-likeness (QED) is 0.640. The van der Waals surface area contributed by atoms with Gasteiger partial charge in [-0.05, 0) is 0 Å². The minimum Gasteiger partial charge on any atom is -0.303 e. The fraction of sp³-hybridized carbons (Fsp3) is 0.429. The van der Waals surface area contributed by atoms with Gasteiger partial charge in [0.05, 0.1) is 0 Å². The van der Waals surface area contributed by atoms with Crippen molar-refractivity contribution in [1.82, 2.24) is 9.97 Å². The van der Waals surface area contributed by atoms with E-state index in [2.05, 4.69) is 0 Å². The number of aromatic amines is 1. The maximum Gasteiger partial charge on any atom is 0.459 e. The summed E-state index contributed by atoms with van der Waals surface area (Å²) in [5.74, 6) is -8.86. The minimum atomic E-state index is -6.45. The third-order valence-corrected chi connectivity index (χ3v) is 1.84. The Hall–Kier alpha value is -1.75. The van der Waals surface area contributed by atoms with Crippen LogP contribution in [0.1, 0.15) is 11.3 Å². The molecule has 0 bridgehead atoms. The fourth-order valence-corrected chi connectivity index (χ4v) is 1.08. The van der Waals surface area contributed by atoms with Crippen molar-refractivity contribution in [2.75, 3.05) is 0 Å². The lowest BCUT2D eigenvalue weighted by Gasteiger charge is -2.22. The Morgan fingerprint density at radius 2 is 1.42 bits per heavy atom. The number of halogens is 9. The zero-order valence-corrected chi connectivity index (χ0v) is 8.26. The Kier molecular flexibility index (Phi) is 3.33. The fourth-order valence-electron chi connectivity index (χ4n) is 1.08. The molecule has 0 aliphatic rings. The van der Waals surface area contributed by atoms with Crippen molar-refractivity contribution >= 4 is 0 Å². The summed E-state index contributed by atoms with van der Waals surface area (Å²) in [7, 11) is 0. The summed E-state index contributed by atoms with van der Waals surface area (Å²) in [6, 6.07) is 0. The summed E-state index contributed by atoms with van der Waals surface area (Å²) in [6.45, 7) is 0. The molecule has 0 atom stereocenters. The number of rotatable bonds is 1. The number of aromatic nitrogens is 2. The molecule has 1 aromatic rings. The molecule has 19 heavy (non-hydrogen) atoms. The van der Waals surface area contributed by atoms with Gasteiger partial charge in [-0.1, -0.05) is 0 Å². The van der Waals surface area contributed by atoms with E-state index in [4.69, 9.17) is 0 Å². The SMILES string of the molecule is O=c1nc(F)c(C(F)(F)F)c(C(F)(F)C(F)(F)F)[nH]1.